The Kier molecular flexibility index (Phi) is 2.42. The van der Waals surface area contributed by atoms with Gasteiger partial charge in [0, 0.05) is 16.7 Å². The van der Waals surface area contributed by atoms with Gasteiger partial charge in [-0.25, -0.2) is 0 Å². The summed E-state index contributed by atoms with van der Waals surface area (Å²) in [6, 6.07) is 1.83. The molecule has 3 N–H and O–H groups in total. The molecule has 0 aromatic heterocycles. The van der Waals surface area contributed by atoms with Crippen LogP contribution >= 0.6 is 11.6 Å². The van der Waals surface area contributed by atoms with E-state index < -0.39 is 12.0 Å². The highest BCUT2D eigenvalue weighted by Crippen LogP contribution is 2.38. The molecule has 0 spiro atoms. The van der Waals surface area contributed by atoms with Gasteiger partial charge in [0.2, 0.25) is 6.79 Å². The average Bonchev–Trinajstić information content (AvgIpc) is 2.62. The molecule has 6 heteroatoms. The second-order valence-corrected chi connectivity index (χ2v) is 3.45. The van der Waals surface area contributed by atoms with Crippen LogP contribution in [0.1, 0.15) is 11.6 Å². The number of ether oxygens (including phenoxy) is 2. The van der Waals surface area contributed by atoms with E-state index in [-0.39, 0.29) is 11.8 Å². The Morgan fingerprint density at radius 2 is 2.07 bits per heavy atom. The van der Waals surface area contributed by atoms with Crippen LogP contribution in [-0.4, -0.2) is 17.9 Å². The zero-order valence-electron chi connectivity index (χ0n) is 7.57. The number of rotatable bonds is 2. The Hall–Kier alpha value is -1.46. The van der Waals surface area contributed by atoms with Crippen molar-refractivity contribution in [2.75, 3.05) is 6.79 Å². The fraction of sp³-hybridized carbons (Fsp3) is 0.222. The lowest BCUT2D eigenvalue weighted by Gasteiger charge is -2.09. The maximum Gasteiger partial charge on any atom is 0.325 e. The predicted octanol–water partition coefficient (Wildman–Crippen LogP) is 1.15. The Morgan fingerprint density at radius 1 is 1.47 bits per heavy atom. The summed E-state index contributed by atoms with van der Waals surface area (Å²) in [5.41, 5.74) is 5.77. The highest BCUT2D eigenvalue weighted by Gasteiger charge is 2.23. The number of benzene rings is 1. The lowest BCUT2D eigenvalue weighted by Crippen LogP contribution is -2.20. The van der Waals surface area contributed by atoms with Crippen molar-refractivity contribution in [3.63, 3.8) is 0 Å². The van der Waals surface area contributed by atoms with Crippen LogP contribution in [-0.2, 0) is 4.79 Å². The summed E-state index contributed by atoms with van der Waals surface area (Å²) in [5, 5.41) is 9.01. The summed E-state index contributed by atoms with van der Waals surface area (Å²) in [4.78, 5) is 10.7. The molecule has 0 saturated heterocycles. The summed E-state index contributed by atoms with van der Waals surface area (Å²) in [6.45, 7) is 0.109. The molecule has 0 radical (unpaired) electrons. The van der Waals surface area contributed by atoms with Gasteiger partial charge in [-0.15, -0.1) is 0 Å². The molecule has 0 amide bonds. The second-order valence-electron chi connectivity index (χ2n) is 3.04. The zero-order valence-corrected chi connectivity index (χ0v) is 8.32. The summed E-state index contributed by atoms with van der Waals surface area (Å²) in [7, 11) is 0. The quantitative estimate of drug-likeness (QED) is 0.795. The predicted molar refractivity (Wildman–Crippen MR) is 52.1 cm³/mol. The lowest BCUT2D eigenvalue weighted by molar-refractivity contribution is -0.138. The third-order valence-electron chi connectivity index (χ3n) is 2.09. The van der Waals surface area contributed by atoms with Gasteiger partial charge in [0.1, 0.15) is 6.04 Å². The van der Waals surface area contributed by atoms with E-state index in [1.165, 1.54) is 12.1 Å². The first-order chi connectivity index (χ1) is 7.09. The summed E-state index contributed by atoms with van der Waals surface area (Å²) in [5.74, 6) is -0.178. The van der Waals surface area contributed by atoms with E-state index in [9.17, 15) is 4.79 Å². The van der Waals surface area contributed by atoms with Gasteiger partial charge in [0.25, 0.3) is 0 Å². The van der Waals surface area contributed by atoms with Gasteiger partial charge < -0.3 is 20.3 Å². The van der Waals surface area contributed by atoms with Crippen LogP contribution < -0.4 is 15.2 Å². The van der Waals surface area contributed by atoms with Crippen LogP contribution in [0.15, 0.2) is 12.1 Å². The number of carbonyl (C=O) groups is 1. The standard InChI is InChI=1S/C9H8ClNO4/c10-5-2-7-6(14-3-15-7)1-4(5)8(11)9(12)13/h1-2,8H,3,11H2,(H,12,13)/t8-/m0/s1. The largest absolute Gasteiger partial charge is 0.480 e. The van der Waals surface area contributed by atoms with E-state index in [1.54, 1.807) is 0 Å². The molecule has 0 saturated carbocycles. The number of aliphatic carboxylic acids is 1. The maximum atomic E-state index is 10.7. The van der Waals surface area contributed by atoms with Gasteiger partial charge in [-0.2, -0.15) is 0 Å². The minimum absolute atomic E-state index is 0.109. The summed E-state index contributed by atoms with van der Waals surface area (Å²) < 4.78 is 10.2. The summed E-state index contributed by atoms with van der Waals surface area (Å²) >= 11 is 5.87. The molecule has 1 aliphatic heterocycles. The Bertz CT molecular complexity index is 421. The molecule has 80 valence electrons. The molecule has 5 nitrogen and oxygen atoms in total. The van der Waals surface area contributed by atoms with Crippen molar-refractivity contribution < 1.29 is 19.4 Å². The van der Waals surface area contributed by atoms with Crippen molar-refractivity contribution in [3.05, 3.63) is 22.7 Å². The SMILES string of the molecule is N[C@H](C(=O)O)c1cc2c(cc1Cl)OCO2. The van der Waals surface area contributed by atoms with Crippen LogP contribution in [0.4, 0.5) is 0 Å². The highest BCUT2D eigenvalue weighted by atomic mass is 35.5. The van der Waals surface area contributed by atoms with Gasteiger partial charge in [0.05, 0.1) is 0 Å². The first kappa shape index (κ1) is 10.1. The van der Waals surface area contributed by atoms with Crippen LogP contribution in [0.3, 0.4) is 0 Å². The van der Waals surface area contributed by atoms with E-state index in [1.807, 2.05) is 0 Å². The van der Waals surface area contributed by atoms with Gasteiger partial charge in [-0.3, -0.25) is 4.79 Å². The van der Waals surface area contributed by atoms with E-state index in [0.717, 1.165) is 0 Å². The molecule has 0 bridgehead atoms. The third kappa shape index (κ3) is 1.71. The average molecular weight is 230 g/mol. The molecule has 0 aliphatic carbocycles. The number of hydrogen-bond acceptors (Lipinski definition) is 4. The van der Waals surface area contributed by atoms with Crippen LogP contribution in [0, 0.1) is 0 Å². The number of carboxylic acid groups (broad SMARTS) is 1. The van der Waals surface area contributed by atoms with E-state index in [0.29, 0.717) is 17.1 Å². The molecule has 1 aromatic rings. The smallest absolute Gasteiger partial charge is 0.325 e. The maximum absolute atomic E-state index is 10.7. The fourth-order valence-electron chi connectivity index (χ4n) is 1.30. The molecule has 2 rings (SSSR count). The molecular weight excluding hydrogens is 222 g/mol. The van der Waals surface area contributed by atoms with Crippen molar-refractivity contribution in [2.24, 2.45) is 5.73 Å². The first-order valence-electron chi connectivity index (χ1n) is 4.17. The first-order valence-corrected chi connectivity index (χ1v) is 4.55. The molecule has 0 fully saturated rings. The van der Waals surface area contributed by atoms with Crippen molar-refractivity contribution in [1.29, 1.82) is 0 Å². The number of nitrogens with two attached hydrogens (primary N) is 1. The molecule has 1 aromatic carbocycles. The molecular formula is C9H8ClNO4. The van der Waals surface area contributed by atoms with Gasteiger partial charge in [-0.1, -0.05) is 11.6 Å². The lowest BCUT2D eigenvalue weighted by atomic mass is 10.1. The van der Waals surface area contributed by atoms with Gasteiger partial charge >= 0.3 is 5.97 Å². The number of fused-ring (bicyclic) bond motifs is 1. The number of hydrogen-bond donors (Lipinski definition) is 2. The van der Waals surface area contributed by atoms with Gasteiger partial charge in [-0.05, 0) is 6.07 Å². The number of halogens is 1. The van der Waals surface area contributed by atoms with Crippen molar-refractivity contribution >= 4 is 17.6 Å². The zero-order chi connectivity index (χ0) is 11.0. The molecule has 0 unspecified atom stereocenters. The minimum atomic E-state index is -1.16. The molecule has 1 aliphatic rings. The fourth-order valence-corrected chi connectivity index (χ4v) is 1.58. The van der Waals surface area contributed by atoms with E-state index in [4.69, 9.17) is 31.9 Å². The van der Waals surface area contributed by atoms with Crippen molar-refractivity contribution in [1.82, 2.24) is 0 Å². The van der Waals surface area contributed by atoms with E-state index >= 15 is 0 Å². The second kappa shape index (κ2) is 3.60. The van der Waals surface area contributed by atoms with Gasteiger partial charge in [0.15, 0.2) is 11.5 Å². The third-order valence-corrected chi connectivity index (χ3v) is 2.42. The summed E-state index contributed by atoms with van der Waals surface area (Å²) in [6.07, 6.45) is 0. The van der Waals surface area contributed by atoms with Crippen LogP contribution in [0.5, 0.6) is 11.5 Å². The molecule has 15 heavy (non-hydrogen) atoms. The Labute approximate surface area is 90.3 Å². The van der Waals surface area contributed by atoms with Crippen LogP contribution in [0.2, 0.25) is 5.02 Å². The highest BCUT2D eigenvalue weighted by molar-refractivity contribution is 6.31. The normalized spacial score (nSPS) is 15.1. The van der Waals surface area contributed by atoms with Crippen molar-refractivity contribution in [3.8, 4) is 11.5 Å². The topological polar surface area (TPSA) is 81.8 Å². The molecule has 1 atom stereocenters. The van der Waals surface area contributed by atoms with E-state index in [2.05, 4.69) is 0 Å². The van der Waals surface area contributed by atoms with Crippen molar-refractivity contribution in [2.45, 2.75) is 6.04 Å². The Morgan fingerprint density at radius 3 is 2.67 bits per heavy atom. The van der Waals surface area contributed by atoms with Crippen LogP contribution in [0.25, 0.3) is 0 Å². The minimum Gasteiger partial charge on any atom is -0.480 e. The Balaban J connectivity index is 2.44. The number of carboxylic acids is 1. The molecule has 1 heterocycles. The monoisotopic (exact) mass is 229 g/mol.